The van der Waals surface area contributed by atoms with E-state index in [9.17, 15) is 9.65 Å². The molecule has 170 valence electrons. The maximum atomic E-state index is 13.4. The minimum absolute atomic E-state index is 0.00719. The van der Waals surface area contributed by atoms with Crippen LogP contribution >= 0.6 is 11.6 Å². The molecule has 0 radical (unpaired) electrons. The third-order valence-electron chi connectivity index (χ3n) is 5.47. The van der Waals surface area contributed by atoms with E-state index < -0.39 is 11.7 Å². The van der Waals surface area contributed by atoms with Gasteiger partial charge in [0, 0.05) is 6.07 Å². The number of allylic oxidation sites excluding steroid dienone is 1. The highest BCUT2D eigenvalue weighted by Crippen LogP contribution is 2.45. The quantitative estimate of drug-likeness (QED) is 0.416. The van der Waals surface area contributed by atoms with Crippen molar-refractivity contribution in [3.63, 3.8) is 0 Å². The van der Waals surface area contributed by atoms with Gasteiger partial charge in [0.1, 0.15) is 41.3 Å². The molecule has 5 rings (SSSR count). The number of rotatable bonds is 5. The van der Waals surface area contributed by atoms with Gasteiger partial charge in [0.2, 0.25) is 11.8 Å². The first-order valence-corrected chi connectivity index (χ1v) is 10.7. The molecule has 0 bridgehead atoms. The van der Waals surface area contributed by atoms with Crippen molar-refractivity contribution in [1.29, 1.82) is 5.26 Å². The minimum atomic E-state index is -0.597. The van der Waals surface area contributed by atoms with Gasteiger partial charge in [0.05, 0.1) is 27.9 Å². The summed E-state index contributed by atoms with van der Waals surface area (Å²) in [7, 11) is 0. The lowest BCUT2D eigenvalue weighted by Gasteiger charge is -2.23. The third-order valence-corrected chi connectivity index (χ3v) is 5.76. The van der Waals surface area contributed by atoms with Gasteiger partial charge in [-0.05, 0) is 43.3 Å². The lowest BCUT2D eigenvalue weighted by molar-refractivity contribution is 0.264. The van der Waals surface area contributed by atoms with Crippen LogP contribution in [0.15, 0.2) is 76.5 Å². The van der Waals surface area contributed by atoms with Crippen LogP contribution in [0, 0.1) is 24.1 Å². The Hall–Kier alpha value is -4.22. The maximum absolute atomic E-state index is 13.4. The summed E-state index contributed by atoms with van der Waals surface area (Å²) in [6, 6.07) is 19.3. The number of furan rings is 1. The fraction of sp³-hybridized carbons (Fsp3) is 0.120. The van der Waals surface area contributed by atoms with E-state index in [0.29, 0.717) is 34.4 Å². The van der Waals surface area contributed by atoms with Gasteiger partial charge in [-0.15, -0.1) is 0 Å². The van der Waals surface area contributed by atoms with Gasteiger partial charge in [-0.1, -0.05) is 29.8 Å². The zero-order valence-corrected chi connectivity index (χ0v) is 18.7. The molecule has 1 aliphatic heterocycles. The van der Waals surface area contributed by atoms with E-state index in [1.54, 1.807) is 16.8 Å². The molecule has 2 aromatic heterocycles. The molecular weight excluding hydrogens is 459 g/mol. The first-order valence-electron chi connectivity index (χ1n) is 10.3. The van der Waals surface area contributed by atoms with Crippen molar-refractivity contribution < 1.29 is 18.3 Å². The number of hydrogen-bond acceptors (Lipinski definition) is 6. The van der Waals surface area contributed by atoms with Gasteiger partial charge in [0.25, 0.3) is 0 Å². The number of nitriles is 1. The number of nitrogens with two attached hydrogens (primary N) is 1. The number of ether oxygens (including phenoxy) is 2. The van der Waals surface area contributed by atoms with Crippen LogP contribution in [0.2, 0.25) is 5.02 Å². The SMILES string of the molecule is Cc1nn(-c2ccccc2)c2c1C(c1ccc(COc3ccc(F)c(Cl)c3)o1)C(C#N)=C(N)O2. The lowest BCUT2D eigenvalue weighted by Crippen LogP contribution is -2.21. The van der Waals surface area contributed by atoms with Crippen molar-refractivity contribution >= 4 is 11.6 Å². The molecule has 0 aliphatic carbocycles. The Bertz CT molecular complexity index is 1450. The predicted molar refractivity (Wildman–Crippen MR) is 122 cm³/mol. The van der Waals surface area contributed by atoms with Gasteiger partial charge in [-0.2, -0.15) is 10.4 Å². The Morgan fingerprint density at radius 3 is 2.74 bits per heavy atom. The topological polar surface area (TPSA) is 99.2 Å². The molecular formula is C25H18ClFN4O3. The maximum Gasteiger partial charge on any atom is 0.229 e. The molecule has 3 heterocycles. The van der Waals surface area contributed by atoms with Crippen LogP contribution in [0.25, 0.3) is 5.69 Å². The van der Waals surface area contributed by atoms with Crippen LogP contribution in [0.4, 0.5) is 4.39 Å². The standard InChI is InChI=1S/C25H18ClFN4O3/c1-14-22-23(21-10-8-17(33-21)13-32-16-7-9-20(27)19(26)11-16)18(12-28)24(29)34-25(22)31(30-14)15-5-3-2-4-6-15/h2-11,23H,13,29H2,1H3. The highest BCUT2D eigenvalue weighted by atomic mass is 35.5. The molecule has 0 spiro atoms. The van der Waals surface area contributed by atoms with Gasteiger partial charge >= 0.3 is 0 Å². The predicted octanol–water partition coefficient (Wildman–Crippen LogP) is 5.36. The van der Waals surface area contributed by atoms with E-state index in [0.717, 1.165) is 5.69 Å². The Kier molecular flexibility index (Phi) is 5.48. The highest BCUT2D eigenvalue weighted by Gasteiger charge is 2.38. The van der Waals surface area contributed by atoms with E-state index in [1.165, 1.54) is 18.2 Å². The second-order valence-corrected chi connectivity index (χ2v) is 8.05. The number of halogens is 2. The molecule has 34 heavy (non-hydrogen) atoms. The molecule has 0 amide bonds. The van der Waals surface area contributed by atoms with Gasteiger partial charge < -0.3 is 19.6 Å². The molecule has 0 saturated heterocycles. The number of nitrogens with zero attached hydrogens (tertiary/aromatic N) is 3. The van der Waals surface area contributed by atoms with Crippen molar-refractivity contribution in [2.75, 3.05) is 0 Å². The zero-order chi connectivity index (χ0) is 23.8. The van der Waals surface area contributed by atoms with Crippen LogP contribution in [0.5, 0.6) is 11.6 Å². The van der Waals surface area contributed by atoms with Crippen LogP contribution in [-0.2, 0) is 6.61 Å². The van der Waals surface area contributed by atoms with Crippen molar-refractivity contribution in [1.82, 2.24) is 9.78 Å². The number of fused-ring (bicyclic) bond motifs is 1. The van der Waals surface area contributed by atoms with Crippen LogP contribution in [0.3, 0.4) is 0 Å². The van der Waals surface area contributed by atoms with Gasteiger partial charge in [-0.3, -0.25) is 0 Å². The summed E-state index contributed by atoms with van der Waals surface area (Å²) in [5.74, 6) is 0.708. The molecule has 1 atom stereocenters. The number of para-hydroxylation sites is 1. The third kappa shape index (κ3) is 3.76. The lowest BCUT2D eigenvalue weighted by atomic mass is 9.88. The number of aryl methyl sites for hydroxylation is 1. The number of hydrogen-bond donors (Lipinski definition) is 1. The van der Waals surface area contributed by atoms with E-state index in [-0.39, 0.29) is 23.1 Å². The molecule has 4 aromatic rings. The van der Waals surface area contributed by atoms with Crippen molar-refractivity contribution in [3.05, 3.63) is 106 Å². The molecule has 1 aliphatic rings. The van der Waals surface area contributed by atoms with Gasteiger partial charge in [-0.25, -0.2) is 9.07 Å². The summed E-state index contributed by atoms with van der Waals surface area (Å²) < 4.78 is 32.6. The summed E-state index contributed by atoms with van der Waals surface area (Å²) in [5, 5.41) is 14.4. The van der Waals surface area contributed by atoms with Crippen LogP contribution in [0.1, 0.15) is 28.7 Å². The smallest absolute Gasteiger partial charge is 0.229 e. The summed E-state index contributed by atoms with van der Waals surface area (Å²) in [4.78, 5) is 0. The van der Waals surface area contributed by atoms with Crippen LogP contribution < -0.4 is 15.2 Å². The molecule has 2 aromatic carbocycles. The largest absolute Gasteiger partial charge is 0.486 e. The molecule has 0 fully saturated rings. The highest BCUT2D eigenvalue weighted by molar-refractivity contribution is 6.30. The molecule has 7 nitrogen and oxygen atoms in total. The Morgan fingerprint density at radius 2 is 2.00 bits per heavy atom. The van der Waals surface area contributed by atoms with E-state index in [4.69, 9.17) is 31.2 Å². The second kappa shape index (κ2) is 8.61. The molecule has 2 N–H and O–H groups in total. The Morgan fingerprint density at radius 1 is 1.21 bits per heavy atom. The van der Waals surface area contributed by atoms with E-state index in [2.05, 4.69) is 11.2 Å². The average Bonchev–Trinajstić information content (AvgIpc) is 3.44. The monoisotopic (exact) mass is 476 g/mol. The Labute approximate surface area is 199 Å². The Balaban J connectivity index is 1.49. The summed E-state index contributed by atoms with van der Waals surface area (Å²) in [6.07, 6.45) is 0. The van der Waals surface area contributed by atoms with E-state index >= 15 is 0 Å². The second-order valence-electron chi connectivity index (χ2n) is 7.65. The average molecular weight is 477 g/mol. The molecule has 9 heteroatoms. The first kappa shape index (κ1) is 21.6. The minimum Gasteiger partial charge on any atom is -0.486 e. The van der Waals surface area contributed by atoms with Gasteiger partial charge in [0.15, 0.2) is 0 Å². The molecule has 1 unspecified atom stereocenters. The zero-order valence-electron chi connectivity index (χ0n) is 18.0. The van der Waals surface area contributed by atoms with Crippen molar-refractivity contribution in [2.24, 2.45) is 5.73 Å². The van der Waals surface area contributed by atoms with Crippen LogP contribution in [-0.4, -0.2) is 9.78 Å². The molecule has 0 saturated carbocycles. The van der Waals surface area contributed by atoms with E-state index in [1.807, 2.05) is 37.3 Å². The fourth-order valence-corrected chi connectivity index (χ4v) is 4.06. The van der Waals surface area contributed by atoms with Crippen molar-refractivity contribution in [3.8, 4) is 23.4 Å². The normalized spacial score (nSPS) is 14.9. The summed E-state index contributed by atoms with van der Waals surface area (Å²) in [5.41, 5.74) is 8.54. The number of aromatic nitrogens is 2. The number of benzene rings is 2. The summed E-state index contributed by atoms with van der Waals surface area (Å²) in [6.45, 7) is 1.93. The summed E-state index contributed by atoms with van der Waals surface area (Å²) >= 11 is 5.81. The fourth-order valence-electron chi connectivity index (χ4n) is 3.89. The van der Waals surface area contributed by atoms with Crippen molar-refractivity contribution in [2.45, 2.75) is 19.4 Å². The first-order chi connectivity index (χ1) is 16.5.